The molecule has 2 atom stereocenters. The maximum atomic E-state index is 11.7. The van der Waals surface area contributed by atoms with Crippen LogP contribution < -0.4 is 10.6 Å². The maximum Gasteiger partial charge on any atom is 0.315 e. The van der Waals surface area contributed by atoms with Crippen LogP contribution in [0.2, 0.25) is 0 Å². The molecule has 4 nitrogen and oxygen atoms in total. The zero-order chi connectivity index (χ0) is 12.8. The molecule has 0 spiro atoms. The lowest BCUT2D eigenvalue weighted by Crippen LogP contribution is -2.44. The summed E-state index contributed by atoms with van der Waals surface area (Å²) in [4.78, 5) is 11.7. The second kappa shape index (κ2) is 6.40. The summed E-state index contributed by atoms with van der Waals surface area (Å²) in [7, 11) is 0. The molecule has 2 rings (SSSR count). The van der Waals surface area contributed by atoms with E-state index >= 15 is 0 Å². The first-order valence-electron chi connectivity index (χ1n) is 6.50. The molecule has 0 aliphatic heterocycles. The molecule has 3 N–H and O–H groups in total. The first-order chi connectivity index (χ1) is 8.74. The van der Waals surface area contributed by atoms with Crippen molar-refractivity contribution in [3.63, 3.8) is 0 Å². The standard InChI is InChI=1S/C14H20N2O2/c17-13-8-4-7-12(9-13)16-14(18)15-10-11-5-2-1-3-6-11/h1-3,5-6,12-13,17H,4,7-10H2,(H2,15,16,18)/t12-,13+/m0/s1. The molecule has 0 radical (unpaired) electrons. The van der Waals surface area contributed by atoms with Gasteiger partial charge in [0.15, 0.2) is 0 Å². The van der Waals surface area contributed by atoms with Crippen molar-refractivity contribution in [3.8, 4) is 0 Å². The highest BCUT2D eigenvalue weighted by molar-refractivity contribution is 5.74. The van der Waals surface area contributed by atoms with Crippen molar-refractivity contribution >= 4 is 6.03 Å². The van der Waals surface area contributed by atoms with Crippen molar-refractivity contribution in [1.29, 1.82) is 0 Å². The highest BCUT2D eigenvalue weighted by atomic mass is 16.3. The number of carbonyl (C=O) groups excluding carboxylic acids is 1. The quantitative estimate of drug-likeness (QED) is 0.763. The van der Waals surface area contributed by atoms with Crippen LogP contribution in [0.4, 0.5) is 4.79 Å². The summed E-state index contributed by atoms with van der Waals surface area (Å²) in [6.45, 7) is 0.530. The van der Waals surface area contributed by atoms with Gasteiger partial charge in [-0.25, -0.2) is 4.79 Å². The van der Waals surface area contributed by atoms with Crippen molar-refractivity contribution in [2.75, 3.05) is 0 Å². The number of benzene rings is 1. The van der Waals surface area contributed by atoms with E-state index in [9.17, 15) is 9.90 Å². The van der Waals surface area contributed by atoms with Crippen LogP contribution >= 0.6 is 0 Å². The molecule has 1 aromatic carbocycles. The number of amides is 2. The minimum absolute atomic E-state index is 0.101. The summed E-state index contributed by atoms with van der Waals surface area (Å²) in [5.41, 5.74) is 1.08. The second-order valence-electron chi connectivity index (χ2n) is 4.83. The summed E-state index contributed by atoms with van der Waals surface area (Å²) in [5.74, 6) is 0. The van der Waals surface area contributed by atoms with Gasteiger partial charge in [0, 0.05) is 12.6 Å². The zero-order valence-corrected chi connectivity index (χ0v) is 10.4. The van der Waals surface area contributed by atoms with Crippen LogP contribution in [0, 0.1) is 0 Å². The number of urea groups is 1. The molecule has 0 heterocycles. The lowest BCUT2D eigenvalue weighted by atomic mass is 9.93. The van der Waals surface area contributed by atoms with E-state index in [1.165, 1.54) is 0 Å². The molecule has 0 aromatic heterocycles. The van der Waals surface area contributed by atoms with E-state index in [0.717, 1.165) is 24.8 Å². The van der Waals surface area contributed by atoms with Gasteiger partial charge >= 0.3 is 6.03 Å². The van der Waals surface area contributed by atoms with Gasteiger partial charge < -0.3 is 15.7 Å². The SMILES string of the molecule is O=C(NCc1ccccc1)N[C@H]1CCC[C@@H](O)C1. The molecule has 18 heavy (non-hydrogen) atoms. The Morgan fingerprint density at radius 1 is 1.28 bits per heavy atom. The number of rotatable bonds is 3. The average Bonchev–Trinajstić information content (AvgIpc) is 2.38. The van der Waals surface area contributed by atoms with Crippen molar-refractivity contribution in [1.82, 2.24) is 10.6 Å². The zero-order valence-electron chi connectivity index (χ0n) is 10.4. The molecule has 1 fully saturated rings. The second-order valence-corrected chi connectivity index (χ2v) is 4.83. The number of aliphatic hydroxyl groups is 1. The van der Waals surface area contributed by atoms with Gasteiger partial charge in [0.1, 0.15) is 0 Å². The number of aliphatic hydroxyl groups excluding tert-OH is 1. The highest BCUT2D eigenvalue weighted by Crippen LogP contribution is 2.18. The van der Waals surface area contributed by atoms with E-state index in [0.29, 0.717) is 13.0 Å². The molecule has 1 aliphatic rings. The van der Waals surface area contributed by atoms with Crippen molar-refractivity contribution in [2.45, 2.75) is 44.4 Å². The van der Waals surface area contributed by atoms with Crippen molar-refractivity contribution in [3.05, 3.63) is 35.9 Å². The summed E-state index contributed by atoms with van der Waals surface area (Å²) >= 11 is 0. The van der Waals surface area contributed by atoms with Gasteiger partial charge in [0.2, 0.25) is 0 Å². The number of carbonyl (C=O) groups is 1. The van der Waals surface area contributed by atoms with E-state index in [4.69, 9.17) is 0 Å². The Morgan fingerprint density at radius 2 is 2.06 bits per heavy atom. The van der Waals surface area contributed by atoms with Gasteiger partial charge in [-0.15, -0.1) is 0 Å². The van der Waals surface area contributed by atoms with Crippen LogP contribution in [0.1, 0.15) is 31.2 Å². The molecule has 98 valence electrons. The fourth-order valence-corrected chi connectivity index (χ4v) is 2.31. The predicted molar refractivity (Wildman–Crippen MR) is 70.1 cm³/mol. The third-order valence-corrected chi connectivity index (χ3v) is 3.28. The smallest absolute Gasteiger partial charge is 0.315 e. The fourth-order valence-electron chi connectivity index (χ4n) is 2.31. The minimum Gasteiger partial charge on any atom is -0.393 e. The van der Waals surface area contributed by atoms with Crippen LogP contribution in [-0.2, 0) is 6.54 Å². The Bertz CT molecular complexity index is 381. The maximum absolute atomic E-state index is 11.7. The first kappa shape index (κ1) is 12.9. The molecule has 0 bridgehead atoms. The van der Waals surface area contributed by atoms with E-state index in [1.54, 1.807) is 0 Å². The van der Waals surface area contributed by atoms with Gasteiger partial charge in [-0.3, -0.25) is 0 Å². The molecule has 1 aliphatic carbocycles. The molecule has 0 saturated heterocycles. The Kier molecular flexibility index (Phi) is 4.59. The largest absolute Gasteiger partial charge is 0.393 e. The van der Waals surface area contributed by atoms with Gasteiger partial charge in [-0.1, -0.05) is 30.3 Å². The van der Waals surface area contributed by atoms with E-state index in [1.807, 2.05) is 30.3 Å². The number of hydrogen-bond donors (Lipinski definition) is 3. The van der Waals surface area contributed by atoms with Gasteiger partial charge in [0.05, 0.1) is 6.10 Å². The minimum atomic E-state index is -0.266. The number of nitrogens with one attached hydrogen (secondary N) is 2. The molecular weight excluding hydrogens is 228 g/mol. The Hall–Kier alpha value is -1.55. The molecular formula is C14H20N2O2. The van der Waals surface area contributed by atoms with Crippen LogP contribution in [0.5, 0.6) is 0 Å². The van der Waals surface area contributed by atoms with E-state index in [2.05, 4.69) is 10.6 Å². The van der Waals surface area contributed by atoms with Crippen LogP contribution in [0.15, 0.2) is 30.3 Å². The Balaban J connectivity index is 1.72. The molecule has 2 amide bonds. The van der Waals surface area contributed by atoms with Crippen LogP contribution in [-0.4, -0.2) is 23.3 Å². The fraction of sp³-hybridized carbons (Fsp3) is 0.500. The molecule has 4 heteroatoms. The summed E-state index contributed by atoms with van der Waals surface area (Å²) in [6.07, 6.45) is 3.18. The third kappa shape index (κ3) is 4.04. The van der Waals surface area contributed by atoms with Gasteiger partial charge in [-0.05, 0) is 31.2 Å². The monoisotopic (exact) mass is 248 g/mol. The first-order valence-corrected chi connectivity index (χ1v) is 6.50. The molecule has 0 unspecified atom stereocenters. The Morgan fingerprint density at radius 3 is 2.78 bits per heavy atom. The molecule has 1 saturated carbocycles. The van der Waals surface area contributed by atoms with E-state index in [-0.39, 0.29) is 18.2 Å². The summed E-state index contributed by atoms with van der Waals surface area (Å²) in [5, 5.41) is 15.3. The Labute approximate surface area is 107 Å². The van der Waals surface area contributed by atoms with Crippen LogP contribution in [0.25, 0.3) is 0 Å². The number of hydrogen-bond acceptors (Lipinski definition) is 2. The molecule has 1 aromatic rings. The van der Waals surface area contributed by atoms with E-state index < -0.39 is 0 Å². The van der Waals surface area contributed by atoms with Crippen molar-refractivity contribution < 1.29 is 9.90 Å². The predicted octanol–water partition coefficient (Wildman–Crippen LogP) is 1.79. The topological polar surface area (TPSA) is 61.4 Å². The lowest BCUT2D eigenvalue weighted by molar-refractivity contribution is 0.113. The summed E-state index contributed by atoms with van der Waals surface area (Å²) in [6, 6.07) is 9.75. The van der Waals surface area contributed by atoms with Crippen LogP contribution in [0.3, 0.4) is 0 Å². The summed E-state index contributed by atoms with van der Waals surface area (Å²) < 4.78 is 0. The average molecular weight is 248 g/mol. The van der Waals surface area contributed by atoms with Gasteiger partial charge in [-0.2, -0.15) is 0 Å². The highest BCUT2D eigenvalue weighted by Gasteiger charge is 2.21. The lowest BCUT2D eigenvalue weighted by Gasteiger charge is -2.26. The normalized spacial score (nSPS) is 23.4. The van der Waals surface area contributed by atoms with Gasteiger partial charge in [0.25, 0.3) is 0 Å². The third-order valence-electron chi connectivity index (χ3n) is 3.28. The van der Waals surface area contributed by atoms with Crippen molar-refractivity contribution in [2.24, 2.45) is 0 Å².